The SMILES string of the molecule is Cc1c(CN2[C@H](C)COC[C@H]2C)n(C(C)C)c2cc(-c3nc(N[C@@H]4CCOC[C@H]4O)ncc3Cl)cc(F)c2c1=O. The lowest BCUT2D eigenvalue weighted by Crippen LogP contribution is -2.49. The molecule has 0 bridgehead atoms. The molecule has 2 saturated heterocycles. The van der Waals surface area contributed by atoms with Gasteiger partial charge in [0.2, 0.25) is 5.95 Å². The highest BCUT2D eigenvalue weighted by Crippen LogP contribution is 2.33. The molecular weight excluding hydrogens is 537 g/mol. The molecule has 0 spiro atoms. The number of benzene rings is 1. The molecule has 216 valence electrons. The number of fused-ring (bicyclic) bond motifs is 1. The monoisotopic (exact) mass is 573 g/mol. The van der Waals surface area contributed by atoms with Crippen molar-refractivity contribution in [2.24, 2.45) is 0 Å². The van der Waals surface area contributed by atoms with Gasteiger partial charge in [-0.15, -0.1) is 0 Å². The predicted molar refractivity (Wildman–Crippen MR) is 153 cm³/mol. The van der Waals surface area contributed by atoms with E-state index in [-0.39, 0.29) is 52.6 Å². The third-order valence-corrected chi connectivity index (χ3v) is 8.25. The third-order valence-electron chi connectivity index (χ3n) is 7.98. The minimum absolute atomic E-state index is 0.0498. The molecule has 0 radical (unpaired) electrons. The minimum atomic E-state index is -0.700. The molecular formula is C29H37ClFN5O4. The smallest absolute Gasteiger partial charge is 0.223 e. The summed E-state index contributed by atoms with van der Waals surface area (Å²) in [5, 5.41) is 13.7. The van der Waals surface area contributed by atoms with Crippen LogP contribution in [0.3, 0.4) is 0 Å². The van der Waals surface area contributed by atoms with Crippen molar-refractivity contribution in [3.63, 3.8) is 0 Å². The van der Waals surface area contributed by atoms with Gasteiger partial charge in [-0.1, -0.05) is 11.6 Å². The fraction of sp³-hybridized carbons (Fsp3) is 0.552. The van der Waals surface area contributed by atoms with E-state index in [1.807, 2.05) is 13.8 Å². The van der Waals surface area contributed by atoms with E-state index >= 15 is 4.39 Å². The number of aliphatic hydroxyl groups excluding tert-OH is 1. The van der Waals surface area contributed by atoms with Crippen LogP contribution in [-0.4, -0.2) is 75.2 Å². The van der Waals surface area contributed by atoms with Gasteiger partial charge in [0, 0.05) is 48.1 Å². The zero-order chi connectivity index (χ0) is 28.7. The van der Waals surface area contributed by atoms with E-state index < -0.39 is 11.9 Å². The number of aliphatic hydroxyl groups is 1. The Morgan fingerprint density at radius 3 is 2.60 bits per heavy atom. The van der Waals surface area contributed by atoms with Gasteiger partial charge in [-0.05, 0) is 53.2 Å². The fourth-order valence-corrected chi connectivity index (χ4v) is 5.99. The number of pyridine rings is 1. The first-order valence-electron chi connectivity index (χ1n) is 13.8. The van der Waals surface area contributed by atoms with E-state index in [1.54, 1.807) is 13.0 Å². The number of halogens is 2. The Labute approximate surface area is 238 Å². The average molecular weight is 574 g/mol. The third kappa shape index (κ3) is 5.47. The van der Waals surface area contributed by atoms with Crippen molar-refractivity contribution in [1.29, 1.82) is 0 Å². The second kappa shape index (κ2) is 11.7. The van der Waals surface area contributed by atoms with Crippen molar-refractivity contribution in [3.8, 4) is 11.3 Å². The van der Waals surface area contributed by atoms with Crippen molar-refractivity contribution in [2.45, 2.75) is 77.9 Å². The number of rotatable bonds is 6. The summed E-state index contributed by atoms with van der Waals surface area (Å²) in [6.45, 7) is 12.6. The van der Waals surface area contributed by atoms with Crippen LogP contribution in [-0.2, 0) is 16.0 Å². The first kappa shape index (κ1) is 28.9. The molecule has 3 aromatic rings. The molecule has 0 amide bonds. The summed E-state index contributed by atoms with van der Waals surface area (Å²) in [6.07, 6.45) is 1.35. The van der Waals surface area contributed by atoms with Crippen molar-refractivity contribution >= 4 is 28.5 Å². The Kier molecular flexibility index (Phi) is 8.45. The topological polar surface area (TPSA) is 102 Å². The summed E-state index contributed by atoms with van der Waals surface area (Å²) in [5.41, 5.74) is 2.35. The molecule has 0 aliphatic carbocycles. The van der Waals surface area contributed by atoms with Gasteiger partial charge in [0.1, 0.15) is 5.82 Å². The van der Waals surface area contributed by atoms with Crippen LogP contribution in [0, 0.1) is 12.7 Å². The lowest BCUT2D eigenvalue weighted by atomic mass is 10.0. The van der Waals surface area contributed by atoms with Crippen molar-refractivity contribution in [1.82, 2.24) is 19.4 Å². The van der Waals surface area contributed by atoms with Gasteiger partial charge in [0.15, 0.2) is 5.43 Å². The lowest BCUT2D eigenvalue weighted by molar-refractivity contribution is -0.0420. The van der Waals surface area contributed by atoms with Gasteiger partial charge in [-0.3, -0.25) is 9.69 Å². The van der Waals surface area contributed by atoms with Gasteiger partial charge in [-0.25, -0.2) is 14.4 Å². The summed E-state index contributed by atoms with van der Waals surface area (Å²) in [5.74, 6) is -0.356. The molecule has 0 saturated carbocycles. The maximum atomic E-state index is 15.8. The van der Waals surface area contributed by atoms with E-state index in [1.165, 1.54) is 12.3 Å². The molecule has 40 heavy (non-hydrogen) atoms. The number of hydrogen-bond acceptors (Lipinski definition) is 8. The van der Waals surface area contributed by atoms with Crippen LogP contribution in [0.4, 0.5) is 10.3 Å². The van der Waals surface area contributed by atoms with Gasteiger partial charge in [0.25, 0.3) is 0 Å². The van der Waals surface area contributed by atoms with Crippen molar-refractivity contribution in [2.75, 3.05) is 31.7 Å². The first-order chi connectivity index (χ1) is 19.1. The number of nitrogens with one attached hydrogen (secondary N) is 1. The summed E-state index contributed by atoms with van der Waals surface area (Å²) >= 11 is 6.53. The molecule has 4 heterocycles. The zero-order valence-electron chi connectivity index (χ0n) is 23.6. The number of nitrogens with zero attached hydrogens (tertiary/aromatic N) is 4. The lowest BCUT2D eigenvalue weighted by Gasteiger charge is -2.39. The van der Waals surface area contributed by atoms with Gasteiger partial charge >= 0.3 is 0 Å². The Morgan fingerprint density at radius 2 is 1.93 bits per heavy atom. The molecule has 1 aromatic carbocycles. The Bertz CT molecular complexity index is 1450. The highest BCUT2D eigenvalue weighted by molar-refractivity contribution is 6.33. The molecule has 2 aromatic heterocycles. The molecule has 5 rings (SSSR count). The summed E-state index contributed by atoms with van der Waals surface area (Å²) < 4.78 is 28.9. The molecule has 0 unspecified atom stereocenters. The van der Waals surface area contributed by atoms with E-state index in [0.29, 0.717) is 55.1 Å². The first-order valence-corrected chi connectivity index (χ1v) is 14.2. The van der Waals surface area contributed by atoms with E-state index in [4.69, 9.17) is 21.1 Å². The standard InChI is InChI=1S/C29H37ClFN5O4/c1-15(2)36-23-9-19(27-20(30)10-32-29(34-27)33-22-6-7-39-14-25(22)37)8-21(31)26(23)28(38)18(5)24(36)11-35-16(3)12-40-13-17(35)4/h8-10,15-17,22,25,37H,6-7,11-14H2,1-5H3,(H,32,33,34)/t16-,17-,22-,25-/m1/s1. The maximum absolute atomic E-state index is 15.8. The minimum Gasteiger partial charge on any atom is -0.389 e. The maximum Gasteiger partial charge on any atom is 0.223 e. The van der Waals surface area contributed by atoms with Gasteiger partial charge < -0.3 is 24.5 Å². The molecule has 11 heteroatoms. The van der Waals surface area contributed by atoms with Crippen LogP contribution in [0.15, 0.2) is 23.1 Å². The van der Waals surface area contributed by atoms with Crippen LogP contribution in [0.2, 0.25) is 5.02 Å². The summed E-state index contributed by atoms with van der Waals surface area (Å²) in [7, 11) is 0. The van der Waals surface area contributed by atoms with Crippen LogP contribution in [0.5, 0.6) is 0 Å². The zero-order valence-corrected chi connectivity index (χ0v) is 24.3. The number of morpholine rings is 1. The average Bonchev–Trinajstić information content (AvgIpc) is 2.90. The van der Waals surface area contributed by atoms with E-state index in [9.17, 15) is 9.90 Å². The van der Waals surface area contributed by atoms with Crippen LogP contribution in [0.1, 0.15) is 51.4 Å². The highest BCUT2D eigenvalue weighted by atomic mass is 35.5. The number of hydrogen-bond donors (Lipinski definition) is 2. The van der Waals surface area contributed by atoms with Gasteiger partial charge in [-0.2, -0.15) is 0 Å². The number of aromatic nitrogens is 3. The van der Waals surface area contributed by atoms with E-state index in [0.717, 1.165) is 5.69 Å². The largest absolute Gasteiger partial charge is 0.389 e. The van der Waals surface area contributed by atoms with Crippen LogP contribution in [0.25, 0.3) is 22.2 Å². The van der Waals surface area contributed by atoms with Crippen molar-refractivity contribution in [3.05, 3.63) is 50.7 Å². The molecule has 4 atom stereocenters. The summed E-state index contributed by atoms with van der Waals surface area (Å²) in [4.78, 5) is 24.8. The van der Waals surface area contributed by atoms with Crippen LogP contribution < -0.4 is 10.7 Å². The quantitative estimate of drug-likeness (QED) is 0.450. The molecule has 9 nitrogen and oxygen atoms in total. The highest BCUT2D eigenvalue weighted by Gasteiger charge is 2.29. The fourth-order valence-electron chi connectivity index (χ4n) is 5.79. The van der Waals surface area contributed by atoms with Gasteiger partial charge in [0.05, 0.1) is 59.8 Å². The van der Waals surface area contributed by atoms with E-state index in [2.05, 4.69) is 38.6 Å². The number of anilines is 1. The predicted octanol–water partition coefficient (Wildman–Crippen LogP) is 4.31. The molecule has 2 N–H and O–H groups in total. The number of ether oxygens (including phenoxy) is 2. The summed E-state index contributed by atoms with van der Waals surface area (Å²) in [6, 6.07) is 3.12. The normalized spacial score (nSPS) is 24.1. The molecule has 2 fully saturated rings. The van der Waals surface area contributed by atoms with Crippen LogP contribution >= 0.6 is 11.6 Å². The second-order valence-corrected chi connectivity index (χ2v) is 11.6. The Morgan fingerprint density at radius 1 is 1.20 bits per heavy atom. The Balaban J connectivity index is 1.63. The molecule has 2 aliphatic heterocycles. The Hall–Kier alpha value is -2.63. The second-order valence-electron chi connectivity index (χ2n) is 11.2. The van der Waals surface area contributed by atoms with Crippen molar-refractivity contribution < 1.29 is 19.0 Å². The molecule has 2 aliphatic rings.